The van der Waals surface area contributed by atoms with Crippen molar-refractivity contribution in [3.05, 3.63) is 95.6 Å². The van der Waals surface area contributed by atoms with E-state index in [9.17, 15) is 13.2 Å². The number of amides is 1. The second kappa shape index (κ2) is 9.36. The van der Waals surface area contributed by atoms with Gasteiger partial charge in [-0.05, 0) is 34.9 Å². The Bertz CT molecular complexity index is 1070. The third kappa shape index (κ3) is 6.74. The summed E-state index contributed by atoms with van der Waals surface area (Å²) >= 11 is 0. The van der Waals surface area contributed by atoms with Crippen molar-refractivity contribution in [2.75, 3.05) is 11.9 Å². The molecule has 0 unspecified atom stereocenters. The van der Waals surface area contributed by atoms with E-state index in [4.69, 9.17) is 9.88 Å². The number of rotatable bonds is 8. The fraction of sp³-hybridized carbons (Fsp3) is 0.136. The van der Waals surface area contributed by atoms with E-state index in [1.54, 1.807) is 24.3 Å². The van der Waals surface area contributed by atoms with E-state index in [-0.39, 0.29) is 18.3 Å². The van der Waals surface area contributed by atoms with Gasteiger partial charge in [0.15, 0.2) is 6.61 Å². The van der Waals surface area contributed by atoms with Crippen molar-refractivity contribution in [2.24, 2.45) is 5.14 Å². The molecule has 0 saturated heterocycles. The van der Waals surface area contributed by atoms with Gasteiger partial charge in [-0.1, -0.05) is 60.7 Å². The van der Waals surface area contributed by atoms with Gasteiger partial charge in [-0.2, -0.15) is 0 Å². The molecule has 3 N–H and O–H groups in total. The number of primary sulfonamides is 1. The number of hydrogen-bond donors (Lipinski definition) is 2. The molecule has 0 heterocycles. The lowest BCUT2D eigenvalue weighted by atomic mass is 10.0. The number of sulfonamides is 1. The second-order valence-electron chi connectivity index (χ2n) is 6.61. The lowest BCUT2D eigenvalue weighted by Gasteiger charge is -2.12. The minimum absolute atomic E-state index is 0.134. The topological polar surface area (TPSA) is 98.5 Å². The number of nitrogens with two attached hydrogens (primary N) is 1. The van der Waals surface area contributed by atoms with Gasteiger partial charge in [0.2, 0.25) is 10.0 Å². The van der Waals surface area contributed by atoms with Gasteiger partial charge in [-0.25, -0.2) is 13.6 Å². The zero-order valence-corrected chi connectivity index (χ0v) is 16.6. The highest BCUT2D eigenvalue weighted by atomic mass is 32.2. The fourth-order valence-corrected chi connectivity index (χ4v) is 3.52. The Morgan fingerprint density at radius 3 is 2.21 bits per heavy atom. The molecule has 0 aromatic heterocycles. The van der Waals surface area contributed by atoms with Gasteiger partial charge in [-0.15, -0.1) is 0 Å². The Kier molecular flexibility index (Phi) is 6.64. The first-order valence-corrected chi connectivity index (χ1v) is 10.7. The van der Waals surface area contributed by atoms with Gasteiger partial charge in [0.05, 0.1) is 5.75 Å². The number of nitrogens with one attached hydrogen (secondary N) is 1. The van der Waals surface area contributed by atoms with Crippen molar-refractivity contribution in [1.29, 1.82) is 0 Å². The van der Waals surface area contributed by atoms with Crippen molar-refractivity contribution in [3.63, 3.8) is 0 Å². The van der Waals surface area contributed by atoms with E-state index >= 15 is 0 Å². The average molecular weight is 410 g/mol. The van der Waals surface area contributed by atoms with Crippen LogP contribution in [0, 0.1) is 0 Å². The van der Waals surface area contributed by atoms with Crippen molar-refractivity contribution in [3.8, 4) is 5.75 Å². The number of benzene rings is 3. The molecule has 0 bridgehead atoms. The third-order valence-electron chi connectivity index (χ3n) is 4.17. The average Bonchev–Trinajstić information content (AvgIpc) is 2.68. The van der Waals surface area contributed by atoms with Crippen LogP contribution in [0.3, 0.4) is 0 Å². The minimum Gasteiger partial charge on any atom is -0.483 e. The van der Waals surface area contributed by atoms with Crippen LogP contribution in [0.4, 0.5) is 5.69 Å². The molecule has 0 spiro atoms. The van der Waals surface area contributed by atoms with Crippen LogP contribution in [0.25, 0.3) is 0 Å². The second-order valence-corrected chi connectivity index (χ2v) is 8.23. The number of hydrogen-bond acceptors (Lipinski definition) is 4. The van der Waals surface area contributed by atoms with Crippen LogP contribution in [0.15, 0.2) is 78.9 Å². The maximum atomic E-state index is 12.2. The molecule has 0 atom stereocenters. The number of anilines is 1. The molecule has 3 rings (SSSR count). The van der Waals surface area contributed by atoms with E-state index in [0.717, 1.165) is 11.1 Å². The van der Waals surface area contributed by atoms with E-state index < -0.39 is 10.0 Å². The summed E-state index contributed by atoms with van der Waals surface area (Å²) in [5.41, 5.74) is 3.26. The van der Waals surface area contributed by atoms with Gasteiger partial charge in [0.25, 0.3) is 5.91 Å². The van der Waals surface area contributed by atoms with Crippen LogP contribution in [-0.2, 0) is 27.0 Å². The van der Waals surface area contributed by atoms with Crippen molar-refractivity contribution in [2.45, 2.75) is 12.2 Å². The van der Waals surface area contributed by atoms with Gasteiger partial charge in [0.1, 0.15) is 5.75 Å². The largest absolute Gasteiger partial charge is 0.483 e. The van der Waals surface area contributed by atoms with Gasteiger partial charge >= 0.3 is 0 Å². The number of ether oxygens (including phenoxy) is 1. The molecule has 150 valence electrons. The van der Waals surface area contributed by atoms with Crippen molar-refractivity contribution < 1.29 is 17.9 Å². The summed E-state index contributed by atoms with van der Waals surface area (Å²) in [7, 11) is -3.59. The Hall–Kier alpha value is -3.16. The van der Waals surface area contributed by atoms with E-state index in [0.29, 0.717) is 23.4 Å². The normalized spacial score (nSPS) is 11.1. The number of carbonyl (C=O) groups excluding carboxylic acids is 1. The molecule has 3 aromatic carbocycles. The smallest absolute Gasteiger partial charge is 0.262 e. The van der Waals surface area contributed by atoms with Crippen molar-refractivity contribution in [1.82, 2.24) is 0 Å². The molecule has 29 heavy (non-hydrogen) atoms. The first-order valence-electron chi connectivity index (χ1n) is 9.03. The molecule has 6 nitrogen and oxygen atoms in total. The van der Waals surface area contributed by atoms with E-state index in [1.807, 2.05) is 54.6 Å². The molecule has 0 radical (unpaired) electrons. The maximum absolute atomic E-state index is 12.2. The van der Waals surface area contributed by atoms with Gasteiger partial charge in [0, 0.05) is 12.1 Å². The highest BCUT2D eigenvalue weighted by Crippen LogP contribution is 2.21. The summed E-state index contributed by atoms with van der Waals surface area (Å²) in [6.07, 6.45) is 0.712. The van der Waals surface area contributed by atoms with Crippen LogP contribution < -0.4 is 15.2 Å². The Balaban J connectivity index is 1.57. The zero-order chi connectivity index (χ0) is 20.7. The van der Waals surface area contributed by atoms with Crippen LogP contribution in [-0.4, -0.2) is 20.9 Å². The molecular weight excluding hydrogens is 388 g/mol. The van der Waals surface area contributed by atoms with Crippen LogP contribution in [0.1, 0.15) is 16.7 Å². The van der Waals surface area contributed by atoms with Gasteiger partial charge < -0.3 is 10.1 Å². The monoisotopic (exact) mass is 410 g/mol. The molecule has 0 aliphatic rings. The highest BCUT2D eigenvalue weighted by Gasteiger charge is 2.09. The molecule has 7 heteroatoms. The SMILES string of the molecule is NS(=O)(=O)Cc1ccc(NC(=O)COc2ccccc2Cc2ccccc2)cc1. The zero-order valence-electron chi connectivity index (χ0n) is 15.7. The Morgan fingerprint density at radius 1 is 0.862 bits per heavy atom. The summed E-state index contributed by atoms with van der Waals surface area (Å²) in [6.45, 7) is -0.134. The first-order chi connectivity index (χ1) is 13.9. The molecule has 0 aliphatic carbocycles. The minimum atomic E-state index is -3.59. The quantitative estimate of drug-likeness (QED) is 0.596. The molecular formula is C22H22N2O4S. The molecule has 0 fully saturated rings. The van der Waals surface area contributed by atoms with E-state index in [2.05, 4.69) is 5.32 Å². The van der Waals surface area contributed by atoms with Crippen LogP contribution >= 0.6 is 0 Å². The maximum Gasteiger partial charge on any atom is 0.262 e. The lowest BCUT2D eigenvalue weighted by molar-refractivity contribution is -0.118. The molecule has 0 saturated carbocycles. The standard InChI is InChI=1S/C22H22N2O4S/c23-29(26,27)16-18-10-12-20(13-11-18)24-22(25)15-28-21-9-5-4-8-19(21)14-17-6-2-1-3-7-17/h1-13H,14-16H2,(H,24,25)(H2,23,26,27). The lowest BCUT2D eigenvalue weighted by Crippen LogP contribution is -2.20. The van der Waals surface area contributed by atoms with Crippen LogP contribution in [0.5, 0.6) is 5.75 Å². The summed E-state index contributed by atoms with van der Waals surface area (Å²) in [5.74, 6) is 0.108. The molecule has 1 amide bonds. The van der Waals surface area contributed by atoms with Gasteiger partial charge in [-0.3, -0.25) is 4.79 Å². The fourth-order valence-electron chi connectivity index (χ4n) is 2.86. The molecule has 3 aromatic rings. The predicted octanol–water partition coefficient (Wildman–Crippen LogP) is 3.08. The predicted molar refractivity (Wildman–Crippen MR) is 113 cm³/mol. The third-order valence-corrected chi connectivity index (χ3v) is 4.91. The van der Waals surface area contributed by atoms with E-state index in [1.165, 1.54) is 0 Å². The summed E-state index contributed by atoms with van der Waals surface area (Å²) in [6, 6.07) is 24.1. The summed E-state index contributed by atoms with van der Waals surface area (Å²) in [4.78, 5) is 12.2. The van der Waals surface area contributed by atoms with Crippen LogP contribution in [0.2, 0.25) is 0 Å². The Labute approximate surface area is 170 Å². The summed E-state index contributed by atoms with van der Waals surface area (Å²) < 4.78 is 28.0. The van der Waals surface area contributed by atoms with Crippen molar-refractivity contribution >= 4 is 21.6 Å². The first kappa shape index (κ1) is 20.6. The Morgan fingerprint density at radius 2 is 1.52 bits per heavy atom. The molecule has 0 aliphatic heterocycles. The number of para-hydroxylation sites is 1. The number of carbonyl (C=O) groups is 1. The highest BCUT2D eigenvalue weighted by molar-refractivity contribution is 7.88. The summed E-state index contributed by atoms with van der Waals surface area (Å²) in [5, 5.41) is 7.75.